The second kappa shape index (κ2) is 10.1. The molecule has 0 fully saturated rings. The molecule has 0 saturated heterocycles. The van der Waals surface area contributed by atoms with Crippen LogP contribution in [-0.2, 0) is 4.79 Å². The zero-order valence-corrected chi connectivity index (χ0v) is 20.4. The number of carbonyl (C=O) groups is 2. The number of aliphatic hydroxyl groups is 1. The van der Waals surface area contributed by atoms with Crippen LogP contribution >= 0.6 is 0 Å². The Bertz CT molecular complexity index is 1550. The minimum absolute atomic E-state index is 0.0555. The van der Waals surface area contributed by atoms with Gasteiger partial charge in [-0.3, -0.25) is 14.5 Å². The first kappa shape index (κ1) is 25.7. The molecule has 1 N–H and O–H groups in total. The standard InChI is InChI=1S/C29H20F3N3O4/c1-17-7-16-23(34-33-17)35-25(20-12-14-22(15-13-20)39-29(30,31)32)24(27(37)28(35)38)26(36)21-10-8-19(9-11-21)18-5-3-2-4-6-18/h2-16,25,37H,1H3. The van der Waals surface area contributed by atoms with Gasteiger partial charge in [-0.05, 0) is 47.9 Å². The van der Waals surface area contributed by atoms with Gasteiger partial charge in [0.2, 0.25) is 0 Å². The van der Waals surface area contributed by atoms with E-state index in [2.05, 4.69) is 14.9 Å². The highest BCUT2D eigenvalue weighted by Crippen LogP contribution is 2.42. The van der Waals surface area contributed by atoms with Crippen molar-refractivity contribution >= 4 is 17.5 Å². The summed E-state index contributed by atoms with van der Waals surface area (Å²) in [6.07, 6.45) is -4.89. The zero-order valence-electron chi connectivity index (χ0n) is 20.4. The average molecular weight is 531 g/mol. The summed E-state index contributed by atoms with van der Waals surface area (Å²) < 4.78 is 42.0. The molecule has 1 unspecified atom stereocenters. The smallest absolute Gasteiger partial charge is 0.503 e. The molecule has 0 saturated carbocycles. The number of benzene rings is 3. The van der Waals surface area contributed by atoms with E-state index in [1.807, 2.05) is 30.3 Å². The summed E-state index contributed by atoms with van der Waals surface area (Å²) in [6, 6.07) is 22.8. The number of aryl methyl sites for hydroxylation is 1. The van der Waals surface area contributed by atoms with Gasteiger partial charge in [0.15, 0.2) is 17.4 Å². The average Bonchev–Trinajstić information content (AvgIpc) is 3.19. The van der Waals surface area contributed by atoms with Crippen molar-refractivity contribution in [2.24, 2.45) is 0 Å². The highest BCUT2D eigenvalue weighted by Gasteiger charge is 2.45. The largest absolute Gasteiger partial charge is 0.573 e. The Morgan fingerprint density at radius 2 is 1.51 bits per heavy atom. The number of aliphatic hydroxyl groups excluding tert-OH is 1. The van der Waals surface area contributed by atoms with Gasteiger partial charge in [0, 0.05) is 5.56 Å². The fourth-order valence-electron chi connectivity index (χ4n) is 4.36. The number of carbonyl (C=O) groups excluding carboxylic acids is 2. The number of ketones is 1. The monoisotopic (exact) mass is 531 g/mol. The second-order valence-electron chi connectivity index (χ2n) is 8.76. The quantitative estimate of drug-likeness (QED) is 0.301. The molecule has 2 heterocycles. The molecule has 3 aromatic carbocycles. The van der Waals surface area contributed by atoms with E-state index in [1.54, 1.807) is 37.3 Å². The first-order chi connectivity index (χ1) is 18.6. The number of nitrogens with zero attached hydrogens (tertiary/aromatic N) is 3. The zero-order chi connectivity index (χ0) is 27.7. The van der Waals surface area contributed by atoms with E-state index in [-0.39, 0.29) is 22.5 Å². The van der Waals surface area contributed by atoms with Gasteiger partial charge in [0.1, 0.15) is 5.75 Å². The Morgan fingerprint density at radius 1 is 0.872 bits per heavy atom. The fourth-order valence-corrected chi connectivity index (χ4v) is 4.36. The third-order valence-electron chi connectivity index (χ3n) is 6.17. The fraction of sp³-hybridized carbons (Fsp3) is 0.103. The van der Waals surface area contributed by atoms with Crippen LogP contribution in [0, 0.1) is 6.92 Å². The number of aromatic nitrogens is 2. The Balaban J connectivity index is 1.55. The topological polar surface area (TPSA) is 92.6 Å². The lowest BCUT2D eigenvalue weighted by molar-refractivity contribution is -0.274. The molecule has 1 amide bonds. The molecule has 0 aliphatic carbocycles. The first-order valence-corrected chi connectivity index (χ1v) is 11.8. The van der Waals surface area contributed by atoms with E-state index in [9.17, 15) is 27.9 Å². The Labute approximate surface area is 220 Å². The molecule has 1 aliphatic heterocycles. The summed E-state index contributed by atoms with van der Waals surface area (Å²) in [5, 5.41) is 18.9. The molecule has 10 heteroatoms. The normalized spacial score (nSPS) is 15.5. The summed E-state index contributed by atoms with van der Waals surface area (Å²) in [5.41, 5.74) is 2.61. The first-order valence-electron chi connectivity index (χ1n) is 11.8. The van der Waals surface area contributed by atoms with Gasteiger partial charge in [-0.1, -0.05) is 66.7 Å². The summed E-state index contributed by atoms with van der Waals surface area (Å²) in [5.74, 6) is -2.72. The SMILES string of the molecule is Cc1ccc(N2C(=O)C(O)=C(C(=O)c3ccc(-c4ccccc4)cc3)C2c2ccc(OC(F)(F)F)cc2)nn1. The van der Waals surface area contributed by atoms with Gasteiger partial charge in [0.05, 0.1) is 17.3 Å². The number of rotatable bonds is 6. The molecule has 1 aromatic heterocycles. The van der Waals surface area contributed by atoms with E-state index in [0.717, 1.165) is 28.2 Å². The van der Waals surface area contributed by atoms with Gasteiger partial charge in [0.25, 0.3) is 5.91 Å². The van der Waals surface area contributed by atoms with Crippen molar-refractivity contribution in [1.29, 1.82) is 0 Å². The predicted octanol–water partition coefficient (Wildman–Crippen LogP) is 6.13. The van der Waals surface area contributed by atoms with Gasteiger partial charge < -0.3 is 9.84 Å². The Hall–Kier alpha value is -4.99. The van der Waals surface area contributed by atoms with E-state index in [4.69, 9.17) is 0 Å². The van der Waals surface area contributed by atoms with E-state index < -0.39 is 35.6 Å². The highest BCUT2D eigenvalue weighted by molar-refractivity contribution is 6.20. The second-order valence-corrected chi connectivity index (χ2v) is 8.76. The maximum atomic E-state index is 13.7. The van der Waals surface area contributed by atoms with E-state index in [0.29, 0.717) is 5.69 Å². The lowest BCUT2D eigenvalue weighted by Gasteiger charge is -2.25. The van der Waals surface area contributed by atoms with Gasteiger partial charge in [-0.25, -0.2) is 0 Å². The van der Waals surface area contributed by atoms with Gasteiger partial charge >= 0.3 is 6.36 Å². The molecule has 39 heavy (non-hydrogen) atoms. The third kappa shape index (κ3) is 5.22. The number of alkyl halides is 3. The number of amides is 1. The third-order valence-corrected chi connectivity index (χ3v) is 6.17. The number of hydrogen-bond acceptors (Lipinski definition) is 6. The van der Waals surface area contributed by atoms with Gasteiger partial charge in [-0.15, -0.1) is 18.3 Å². The van der Waals surface area contributed by atoms with Crippen LogP contribution in [0.1, 0.15) is 27.7 Å². The van der Waals surface area contributed by atoms with Crippen LogP contribution in [0.3, 0.4) is 0 Å². The minimum Gasteiger partial charge on any atom is -0.503 e. The van der Waals surface area contributed by atoms with Crippen molar-refractivity contribution in [3.8, 4) is 16.9 Å². The maximum absolute atomic E-state index is 13.7. The maximum Gasteiger partial charge on any atom is 0.573 e. The molecule has 1 atom stereocenters. The molecule has 1 aliphatic rings. The number of hydrogen-bond donors (Lipinski definition) is 1. The molecule has 7 nitrogen and oxygen atoms in total. The molecule has 0 bridgehead atoms. The summed E-state index contributed by atoms with van der Waals surface area (Å²) in [7, 11) is 0. The van der Waals surface area contributed by atoms with Crippen LogP contribution in [-0.4, -0.2) is 33.4 Å². The van der Waals surface area contributed by atoms with E-state index in [1.165, 1.54) is 18.2 Å². The van der Waals surface area contributed by atoms with Crippen LogP contribution in [0.4, 0.5) is 19.0 Å². The molecule has 0 spiro atoms. The summed E-state index contributed by atoms with van der Waals surface area (Å²) in [4.78, 5) is 28.0. The van der Waals surface area contributed by atoms with Crippen molar-refractivity contribution in [1.82, 2.24) is 10.2 Å². The molecular formula is C29H20F3N3O4. The van der Waals surface area contributed by atoms with Gasteiger partial charge in [-0.2, -0.15) is 5.10 Å². The molecule has 5 rings (SSSR count). The summed E-state index contributed by atoms with van der Waals surface area (Å²) in [6.45, 7) is 1.70. The molecular weight excluding hydrogens is 511 g/mol. The van der Waals surface area contributed by atoms with Crippen molar-refractivity contribution in [3.63, 3.8) is 0 Å². The van der Waals surface area contributed by atoms with Crippen LogP contribution in [0.2, 0.25) is 0 Å². The molecule has 0 radical (unpaired) electrons. The molecule has 4 aromatic rings. The highest BCUT2D eigenvalue weighted by atomic mass is 19.4. The number of ether oxygens (including phenoxy) is 1. The predicted molar refractivity (Wildman–Crippen MR) is 136 cm³/mol. The minimum atomic E-state index is -4.89. The van der Waals surface area contributed by atoms with Crippen LogP contribution in [0.15, 0.2) is 102 Å². The van der Waals surface area contributed by atoms with Crippen LogP contribution in [0.25, 0.3) is 11.1 Å². The van der Waals surface area contributed by atoms with Crippen molar-refractivity contribution in [2.45, 2.75) is 19.3 Å². The Morgan fingerprint density at radius 3 is 2.10 bits per heavy atom. The summed E-state index contributed by atoms with van der Waals surface area (Å²) >= 11 is 0. The number of anilines is 1. The number of Topliss-reactive ketones (excluding diaryl/α,β-unsaturated/α-hetero) is 1. The van der Waals surface area contributed by atoms with Crippen molar-refractivity contribution in [3.05, 3.63) is 119 Å². The van der Waals surface area contributed by atoms with Crippen molar-refractivity contribution in [2.75, 3.05) is 4.90 Å². The Kier molecular flexibility index (Phi) is 6.61. The lowest BCUT2D eigenvalue weighted by atomic mass is 9.92. The van der Waals surface area contributed by atoms with E-state index >= 15 is 0 Å². The lowest BCUT2D eigenvalue weighted by Crippen LogP contribution is -2.32. The van der Waals surface area contributed by atoms with Crippen LogP contribution in [0.5, 0.6) is 5.75 Å². The molecule has 196 valence electrons. The number of halogens is 3. The van der Waals surface area contributed by atoms with Crippen molar-refractivity contribution < 1.29 is 32.6 Å². The van der Waals surface area contributed by atoms with Crippen LogP contribution < -0.4 is 9.64 Å².